The Bertz CT molecular complexity index is 725. The molecule has 5 heteroatoms. The molecule has 25 heavy (non-hydrogen) atoms. The second kappa shape index (κ2) is 7.40. The van der Waals surface area contributed by atoms with Gasteiger partial charge in [0.05, 0.1) is 16.8 Å². The van der Waals surface area contributed by atoms with Gasteiger partial charge in [-0.25, -0.2) is 0 Å². The van der Waals surface area contributed by atoms with E-state index in [2.05, 4.69) is 47.4 Å². The van der Waals surface area contributed by atoms with E-state index < -0.39 is 0 Å². The largest absolute Gasteiger partial charge is 0.356 e. The van der Waals surface area contributed by atoms with E-state index in [1.807, 2.05) is 29.9 Å². The van der Waals surface area contributed by atoms with Crippen molar-refractivity contribution in [3.63, 3.8) is 0 Å². The zero-order valence-corrected chi connectivity index (χ0v) is 15.5. The summed E-state index contributed by atoms with van der Waals surface area (Å²) in [7, 11) is 1.99. The molecule has 0 saturated carbocycles. The lowest BCUT2D eigenvalue weighted by Crippen LogP contribution is -2.41. The van der Waals surface area contributed by atoms with E-state index in [4.69, 9.17) is 0 Å². The predicted molar refractivity (Wildman–Crippen MR) is 99.9 cm³/mol. The third kappa shape index (κ3) is 3.93. The Morgan fingerprint density at radius 3 is 2.80 bits per heavy atom. The van der Waals surface area contributed by atoms with Crippen molar-refractivity contribution in [2.75, 3.05) is 19.6 Å². The monoisotopic (exact) mass is 340 g/mol. The normalized spacial score (nSPS) is 20.8. The maximum absolute atomic E-state index is 12.4. The molecule has 1 N–H and O–H groups in total. The topological polar surface area (TPSA) is 50.2 Å². The van der Waals surface area contributed by atoms with Crippen LogP contribution in [0.5, 0.6) is 0 Å². The molecule has 1 aromatic heterocycles. The number of nitrogens with one attached hydrogen (secondary N) is 1. The maximum Gasteiger partial charge on any atom is 0.227 e. The van der Waals surface area contributed by atoms with E-state index >= 15 is 0 Å². The third-order valence-electron chi connectivity index (χ3n) is 5.07. The summed E-state index contributed by atoms with van der Waals surface area (Å²) in [5.41, 5.74) is 3.03. The number of carbonyl (C=O) groups is 1. The molecule has 1 fully saturated rings. The molecule has 1 aromatic carbocycles. The molecule has 5 nitrogen and oxygen atoms in total. The van der Waals surface area contributed by atoms with E-state index in [0.29, 0.717) is 0 Å². The Kier molecular flexibility index (Phi) is 5.23. The summed E-state index contributed by atoms with van der Waals surface area (Å²) < 4.78 is 1.95. The summed E-state index contributed by atoms with van der Waals surface area (Å²) in [5, 5.41) is 7.70. The number of rotatable bonds is 6. The van der Waals surface area contributed by atoms with Crippen molar-refractivity contribution in [2.24, 2.45) is 12.5 Å². The number of aryl methyl sites for hydroxylation is 1. The molecule has 1 saturated heterocycles. The molecular formula is C20H28N4O. The molecule has 3 rings (SSSR count). The Balaban J connectivity index is 1.66. The van der Waals surface area contributed by atoms with Gasteiger partial charge in [-0.1, -0.05) is 37.3 Å². The van der Waals surface area contributed by atoms with Crippen LogP contribution in [-0.4, -0.2) is 40.2 Å². The molecule has 0 aliphatic carbocycles. The zero-order chi connectivity index (χ0) is 17.9. The van der Waals surface area contributed by atoms with Gasteiger partial charge in [0.2, 0.25) is 5.91 Å². The first-order valence-corrected chi connectivity index (χ1v) is 9.11. The van der Waals surface area contributed by atoms with Crippen molar-refractivity contribution in [3.8, 4) is 11.3 Å². The number of likely N-dealkylation sites (tertiary alicyclic amines) is 1. The van der Waals surface area contributed by atoms with Crippen LogP contribution in [0.1, 0.15) is 32.4 Å². The van der Waals surface area contributed by atoms with Gasteiger partial charge in [-0.2, -0.15) is 5.10 Å². The predicted octanol–water partition coefficient (Wildman–Crippen LogP) is 2.83. The van der Waals surface area contributed by atoms with Crippen molar-refractivity contribution >= 4 is 5.91 Å². The number of nitrogens with zero attached hydrogens (tertiary/aromatic N) is 3. The highest BCUT2D eigenvalue weighted by Crippen LogP contribution is 2.31. The van der Waals surface area contributed by atoms with Crippen LogP contribution < -0.4 is 5.32 Å². The van der Waals surface area contributed by atoms with Crippen LogP contribution in [-0.2, 0) is 18.4 Å². The second-order valence-corrected chi connectivity index (χ2v) is 7.29. The third-order valence-corrected chi connectivity index (χ3v) is 5.07. The first kappa shape index (κ1) is 17.7. The molecule has 134 valence electrons. The summed E-state index contributed by atoms with van der Waals surface area (Å²) in [6.45, 7) is 7.49. The van der Waals surface area contributed by atoms with Gasteiger partial charge < -0.3 is 5.32 Å². The lowest BCUT2D eigenvalue weighted by molar-refractivity contribution is -0.129. The Morgan fingerprint density at radius 2 is 2.08 bits per heavy atom. The van der Waals surface area contributed by atoms with Crippen molar-refractivity contribution in [1.82, 2.24) is 20.0 Å². The fourth-order valence-corrected chi connectivity index (χ4v) is 3.46. The Morgan fingerprint density at radius 1 is 1.32 bits per heavy atom. The summed E-state index contributed by atoms with van der Waals surface area (Å²) in [4.78, 5) is 14.8. The van der Waals surface area contributed by atoms with Crippen LogP contribution in [0.2, 0.25) is 0 Å². The van der Waals surface area contributed by atoms with Crippen LogP contribution in [0.15, 0.2) is 36.4 Å². The molecule has 2 aromatic rings. The van der Waals surface area contributed by atoms with Gasteiger partial charge in [-0.3, -0.25) is 14.4 Å². The summed E-state index contributed by atoms with van der Waals surface area (Å²) in [5.74, 6) is 0.187. The highest BCUT2D eigenvalue weighted by atomic mass is 16.2. The molecule has 1 unspecified atom stereocenters. The average molecular weight is 340 g/mol. The van der Waals surface area contributed by atoms with Gasteiger partial charge in [0, 0.05) is 32.2 Å². The first-order chi connectivity index (χ1) is 12.0. The minimum Gasteiger partial charge on any atom is -0.356 e. The minimum absolute atomic E-state index is 0.187. The minimum atomic E-state index is -0.282. The van der Waals surface area contributed by atoms with Crippen molar-refractivity contribution in [2.45, 2.75) is 33.2 Å². The lowest BCUT2D eigenvalue weighted by Gasteiger charge is -2.23. The standard InChI is InChI=1S/C20H28N4O/c1-4-11-21-19(25)20(2)10-12-24(15-20)14-17-13-18(22-23(17)3)16-8-6-5-7-9-16/h5-9,13H,4,10-12,14-15H2,1-3H3,(H,21,25). The molecule has 1 amide bonds. The lowest BCUT2D eigenvalue weighted by atomic mass is 9.89. The van der Waals surface area contributed by atoms with E-state index in [1.54, 1.807) is 0 Å². The van der Waals surface area contributed by atoms with Crippen LogP contribution in [0, 0.1) is 5.41 Å². The molecule has 0 bridgehead atoms. The van der Waals surface area contributed by atoms with Crippen LogP contribution in [0.3, 0.4) is 0 Å². The Hall–Kier alpha value is -2.14. The SMILES string of the molecule is CCCNC(=O)C1(C)CCN(Cc2cc(-c3ccccc3)nn2C)C1. The molecule has 1 aliphatic rings. The summed E-state index contributed by atoms with van der Waals surface area (Å²) in [6.07, 6.45) is 1.88. The number of hydrogen-bond acceptors (Lipinski definition) is 3. The van der Waals surface area contributed by atoms with Gasteiger partial charge in [0.1, 0.15) is 0 Å². The van der Waals surface area contributed by atoms with Gasteiger partial charge >= 0.3 is 0 Å². The van der Waals surface area contributed by atoms with Crippen LogP contribution in [0.4, 0.5) is 0 Å². The fourth-order valence-electron chi connectivity index (χ4n) is 3.46. The van der Waals surface area contributed by atoms with Gasteiger partial charge in [-0.15, -0.1) is 0 Å². The highest BCUT2D eigenvalue weighted by molar-refractivity contribution is 5.82. The first-order valence-electron chi connectivity index (χ1n) is 9.11. The number of aromatic nitrogens is 2. The molecular weight excluding hydrogens is 312 g/mol. The number of amides is 1. The van der Waals surface area contributed by atoms with Gasteiger partial charge in [-0.05, 0) is 32.4 Å². The highest BCUT2D eigenvalue weighted by Gasteiger charge is 2.40. The van der Waals surface area contributed by atoms with E-state index in [9.17, 15) is 4.79 Å². The average Bonchev–Trinajstić information content (AvgIpc) is 3.18. The molecule has 0 spiro atoms. The summed E-state index contributed by atoms with van der Waals surface area (Å²) >= 11 is 0. The van der Waals surface area contributed by atoms with E-state index in [0.717, 1.165) is 50.3 Å². The van der Waals surface area contributed by atoms with Crippen molar-refractivity contribution in [1.29, 1.82) is 0 Å². The second-order valence-electron chi connectivity index (χ2n) is 7.29. The summed E-state index contributed by atoms with van der Waals surface area (Å²) in [6, 6.07) is 12.4. The maximum atomic E-state index is 12.4. The van der Waals surface area contributed by atoms with Crippen molar-refractivity contribution < 1.29 is 4.79 Å². The quantitative estimate of drug-likeness (QED) is 0.880. The van der Waals surface area contributed by atoms with E-state index in [-0.39, 0.29) is 11.3 Å². The van der Waals surface area contributed by atoms with Crippen molar-refractivity contribution in [3.05, 3.63) is 42.1 Å². The molecule has 1 aliphatic heterocycles. The zero-order valence-electron chi connectivity index (χ0n) is 15.5. The number of carbonyl (C=O) groups excluding carboxylic acids is 1. The number of hydrogen-bond donors (Lipinski definition) is 1. The molecule has 1 atom stereocenters. The molecule has 0 radical (unpaired) electrons. The Labute approximate surface area is 150 Å². The van der Waals surface area contributed by atoms with Crippen LogP contribution >= 0.6 is 0 Å². The van der Waals surface area contributed by atoms with E-state index in [1.165, 1.54) is 5.69 Å². The smallest absolute Gasteiger partial charge is 0.227 e. The van der Waals surface area contributed by atoms with Gasteiger partial charge in [0.25, 0.3) is 0 Å². The molecule has 2 heterocycles. The number of benzene rings is 1. The van der Waals surface area contributed by atoms with Gasteiger partial charge in [0.15, 0.2) is 0 Å². The fraction of sp³-hybridized carbons (Fsp3) is 0.500. The van der Waals surface area contributed by atoms with Crippen LogP contribution in [0.25, 0.3) is 11.3 Å².